The summed E-state index contributed by atoms with van der Waals surface area (Å²) in [6.07, 6.45) is 3.75. The molecule has 0 saturated carbocycles. The number of carbonyl (C=O) groups excluding carboxylic acids is 1. The van der Waals surface area contributed by atoms with Gasteiger partial charge in [-0.05, 0) is 30.9 Å². The van der Waals surface area contributed by atoms with E-state index in [4.69, 9.17) is 5.84 Å². The Bertz CT molecular complexity index is 433. The molecule has 98 valence electrons. The van der Waals surface area contributed by atoms with Crippen LogP contribution in [-0.2, 0) is 0 Å². The lowest BCUT2D eigenvalue weighted by atomic mass is 10.0. The molecule has 1 aromatic heterocycles. The molecule has 1 fully saturated rings. The number of carbonyl (C=O) groups is 1. The number of rotatable bonds is 3. The van der Waals surface area contributed by atoms with Gasteiger partial charge in [0.1, 0.15) is 5.69 Å². The second kappa shape index (κ2) is 5.35. The quantitative estimate of drug-likeness (QED) is 0.630. The summed E-state index contributed by atoms with van der Waals surface area (Å²) in [6, 6.07) is 3.76. The summed E-state index contributed by atoms with van der Waals surface area (Å²) in [4.78, 5) is 18.5. The molecule has 0 bridgehead atoms. The average Bonchev–Trinajstić information content (AvgIpc) is 2.87. The summed E-state index contributed by atoms with van der Waals surface area (Å²) in [5.74, 6) is 5.83. The summed E-state index contributed by atoms with van der Waals surface area (Å²) in [5.41, 5.74) is 3.69. The Balaban J connectivity index is 2.19. The van der Waals surface area contributed by atoms with Crippen LogP contribution in [0.5, 0.6) is 0 Å². The maximum absolute atomic E-state index is 12.4. The van der Waals surface area contributed by atoms with Gasteiger partial charge in [0.2, 0.25) is 0 Å². The first-order chi connectivity index (χ1) is 8.63. The zero-order valence-electron chi connectivity index (χ0n) is 10.9. The van der Waals surface area contributed by atoms with Gasteiger partial charge in [-0.2, -0.15) is 0 Å². The van der Waals surface area contributed by atoms with E-state index in [9.17, 15) is 4.79 Å². The molecule has 3 N–H and O–H groups in total. The van der Waals surface area contributed by atoms with Crippen molar-refractivity contribution < 1.29 is 4.79 Å². The fourth-order valence-corrected chi connectivity index (χ4v) is 2.52. The molecule has 1 unspecified atom stereocenters. The van der Waals surface area contributed by atoms with Crippen LogP contribution >= 0.6 is 0 Å². The first-order valence-corrected chi connectivity index (χ1v) is 6.37. The lowest BCUT2D eigenvalue weighted by Crippen LogP contribution is -2.38. The van der Waals surface area contributed by atoms with Gasteiger partial charge in [-0.1, -0.05) is 13.8 Å². The fourth-order valence-electron chi connectivity index (χ4n) is 2.52. The van der Waals surface area contributed by atoms with Crippen molar-refractivity contribution in [2.75, 3.05) is 12.0 Å². The van der Waals surface area contributed by atoms with Crippen LogP contribution < -0.4 is 11.3 Å². The number of hydrogen-bond acceptors (Lipinski definition) is 4. The zero-order valence-corrected chi connectivity index (χ0v) is 10.9. The van der Waals surface area contributed by atoms with Gasteiger partial charge in [0.25, 0.3) is 5.91 Å². The molecule has 1 amide bonds. The number of pyridine rings is 1. The van der Waals surface area contributed by atoms with E-state index in [1.165, 1.54) is 0 Å². The molecule has 0 aromatic carbocycles. The molecule has 0 radical (unpaired) electrons. The highest BCUT2D eigenvalue weighted by atomic mass is 16.2. The van der Waals surface area contributed by atoms with Crippen LogP contribution in [0, 0.1) is 5.92 Å². The number of nitrogens with zero attached hydrogens (tertiary/aromatic N) is 2. The van der Waals surface area contributed by atoms with Gasteiger partial charge in [-0.25, -0.2) is 0 Å². The third-order valence-corrected chi connectivity index (χ3v) is 3.48. The SMILES string of the molecule is CC(C)C1CCCN1C(=O)c1cc(NN)ccn1. The van der Waals surface area contributed by atoms with Crippen molar-refractivity contribution in [1.82, 2.24) is 9.88 Å². The van der Waals surface area contributed by atoms with Crippen molar-refractivity contribution in [3.8, 4) is 0 Å². The van der Waals surface area contributed by atoms with Crippen LogP contribution in [0.4, 0.5) is 5.69 Å². The van der Waals surface area contributed by atoms with Crippen LogP contribution in [0.25, 0.3) is 0 Å². The van der Waals surface area contributed by atoms with Gasteiger partial charge < -0.3 is 10.3 Å². The van der Waals surface area contributed by atoms with E-state index in [0.29, 0.717) is 23.3 Å². The topological polar surface area (TPSA) is 71.2 Å². The highest BCUT2D eigenvalue weighted by molar-refractivity contribution is 5.93. The first-order valence-electron chi connectivity index (χ1n) is 6.37. The molecule has 5 nitrogen and oxygen atoms in total. The van der Waals surface area contributed by atoms with E-state index in [1.807, 2.05) is 4.90 Å². The Hall–Kier alpha value is -1.62. The summed E-state index contributed by atoms with van der Waals surface area (Å²) in [5, 5.41) is 0. The van der Waals surface area contributed by atoms with E-state index >= 15 is 0 Å². The van der Waals surface area contributed by atoms with Crippen molar-refractivity contribution >= 4 is 11.6 Å². The minimum atomic E-state index is 0.00306. The van der Waals surface area contributed by atoms with Crippen LogP contribution in [0.2, 0.25) is 0 Å². The summed E-state index contributed by atoms with van der Waals surface area (Å²) in [6.45, 7) is 5.13. The van der Waals surface area contributed by atoms with Crippen LogP contribution in [0.15, 0.2) is 18.3 Å². The number of hydrogen-bond donors (Lipinski definition) is 2. The molecular weight excluding hydrogens is 228 g/mol. The average molecular weight is 248 g/mol. The summed E-state index contributed by atoms with van der Waals surface area (Å²) < 4.78 is 0. The number of hydrazine groups is 1. The number of aromatic nitrogens is 1. The van der Waals surface area contributed by atoms with Crippen molar-refractivity contribution in [1.29, 1.82) is 0 Å². The van der Waals surface area contributed by atoms with E-state index in [-0.39, 0.29) is 5.91 Å². The largest absolute Gasteiger partial charge is 0.334 e. The second-order valence-corrected chi connectivity index (χ2v) is 5.03. The van der Waals surface area contributed by atoms with Gasteiger partial charge in [-0.15, -0.1) is 0 Å². The standard InChI is InChI=1S/C13H20N4O/c1-9(2)12-4-3-7-17(12)13(18)11-8-10(16-14)5-6-15-11/h5-6,8-9,12H,3-4,7,14H2,1-2H3,(H,15,16). The molecule has 1 aliphatic heterocycles. The number of anilines is 1. The molecule has 1 aliphatic rings. The van der Waals surface area contributed by atoms with Gasteiger partial charge >= 0.3 is 0 Å². The lowest BCUT2D eigenvalue weighted by Gasteiger charge is -2.27. The second-order valence-electron chi connectivity index (χ2n) is 5.03. The van der Waals surface area contributed by atoms with Crippen LogP contribution in [0.3, 0.4) is 0 Å². The van der Waals surface area contributed by atoms with Crippen molar-refractivity contribution in [3.05, 3.63) is 24.0 Å². The molecular formula is C13H20N4O. The van der Waals surface area contributed by atoms with Gasteiger partial charge in [-0.3, -0.25) is 15.6 Å². The summed E-state index contributed by atoms with van der Waals surface area (Å²) >= 11 is 0. The highest BCUT2D eigenvalue weighted by Crippen LogP contribution is 2.25. The third kappa shape index (κ3) is 2.46. The van der Waals surface area contributed by atoms with E-state index in [0.717, 1.165) is 19.4 Å². The molecule has 2 rings (SSSR count). The minimum absolute atomic E-state index is 0.00306. The molecule has 2 heterocycles. The number of nitrogens with two attached hydrogens (primary N) is 1. The smallest absolute Gasteiger partial charge is 0.272 e. The minimum Gasteiger partial charge on any atom is -0.334 e. The fraction of sp³-hybridized carbons (Fsp3) is 0.538. The number of likely N-dealkylation sites (tertiary alicyclic amines) is 1. The van der Waals surface area contributed by atoms with E-state index < -0.39 is 0 Å². The zero-order chi connectivity index (χ0) is 13.1. The molecule has 1 aromatic rings. The molecule has 0 spiro atoms. The monoisotopic (exact) mass is 248 g/mol. The molecule has 1 atom stereocenters. The van der Waals surface area contributed by atoms with Gasteiger partial charge in [0.05, 0.1) is 5.69 Å². The number of amides is 1. The molecule has 1 saturated heterocycles. The Morgan fingerprint density at radius 1 is 1.61 bits per heavy atom. The van der Waals surface area contributed by atoms with Gasteiger partial charge in [0.15, 0.2) is 0 Å². The molecule has 0 aliphatic carbocycles. The predicted molar refractivity (Wildman–Crippen MR) is 70.9 cm³/mol. The number of nitrogens with one attached hydrogen (secondary N) is 1. The third-order valence-electron chi connectivity index (χ3n) is 3.48. The Kier molecular flexibility index (Phi) is 3.81. The van der Waals surface area contributed by atoms with Crippen molar-refractivity contribution in [2.45, 2.75) is 32.7 Å². The Morgan fingerprint density at radius 3 is 3.06 bits per heavy atom. The Morgan fingerprint density at radius 2 is 2.39 bits per heavy atom. The Labute approximate surface area is 107 Å². The van der Waals surface area contributed by atoms with E-state index in [1.54, 1.807) is 18.3 Å². The van der Waals surface area contributed by atoms with Crippen LogP contribution in [0.1, 0.15) is 37.2 Å². The van der Waals surface area contributed by atoms with Crippen molar-refractivity contribution in [2.24, 2.45) is 11.8 Å². The lowest BCUT2D eigenvalue weighted by molar-refractivity contribution is 0.0695. The van der Waals surface area contributed by atoms with Crippen molar-refractivity contribution in [3.63, 3.8) is 0 Å². The molecule has 18 heavy (non-hydrogen) atoms. The summed E-state index contributed by atoms with van der Waals surface area (Å²) in [7, 11) is 0. The predicted octanol–water partition coefficient (Wildman–Crippen LogP) is 1.63. The first kappa shape index (κ1) is 12.8. The normalized spacial score (nSPS) is 19.3. The highest BCUT2D eigenvalue weighted by Gasteiger charge is 2.31. The van der Waals surface area contributed by atoms with Gasteiger partial charge in [0, 0.05) is 18.8 Å². The molecule has 5 heteroatoms. The maximum Gasteiger partial charge on any atom is 0.272 e. The van der Waals surface area contributed by atoms with Crippen LogP contribution in [-0.4, -0.2) is 28.4 Å². The number of nitrogen functional groups attached to an aromatic ring is 1. The maximum atomic E-state index is 12.4. The van der Waals surface area contributed by atoms with E-state index in [2.05, 4.69) is 24.3 Å².